The van der Waals surface area contributed by atoms with E-state index in [0.717, 1.165) is 18.2 Å². The van der Waals surface area contributed by atoms with Crippen molar-refractivity contribution in [3.63, 3.8) is 0 Å². The molecule has 3 rings (SSSR count). The number of hydrogen-bond acceptors (Lipinski definition) is 6. The van der Waals surface area contributed by atoms with E-state index in [1.54, 1.807) is 0 Å². The lowest BCUT2D eigenvalue weighted by atomic mass is 10.1. The molecule has 0 radical (unpaired) electrons. The fourth-order valence-electron chi connectivity index (χ4n) is 2.63. The van der Waals surface area contributed by atoms with Crippen molar-refractivity contribution in [1.29, 1.82) is 0 Å². The predicted octanol–water partition coefficient (Wildman–Crippen LogP) is 1.15. The van der Waals surface area contributed by atoms with E-state index in [-0.39, 0.29) is 0 Å². The van der Waals surface area contributed by atoms with Crippen molar-refractivity contribution >= 4 is 11.6 Å². The minimum Gasteiger partial charge on any atom is -0.366 e. The van der Waals surface area contributed by atoms with E-state index in [0.29, 0.717) is 17.8 Å². The number of rotatable bonds is 4. The Balaban J connectivity index is 1.73. The van der Waals surface area contributed by atoms with Gasteiger partial charge in [-0.25, -0.2) is 15.8 Å². The monoisotopic (exact) mass is 262 g/mol. The zero-order chi connectivity index (χ0) is 13.2. The van der Waals surface area contributed by atoms with E-state index in [9.17, 15) is 0 Å². The summed E-state index contributed by atoms with van der Waals surface area (Å²) in [5.41, 5.74) is 2.63. The molecule has 6 heteroatoms. The van der Waals surface area contributed by atoms with Crippen LogP contribution in [0.25, 0.3) is 0 Å². The van der Waals surface area contributed by atoms with Gasteiger partial charge in [0.25, 0.3) is 0 Å². The summed E-state index contributed by atoms with van der Waals surface area (Å²) in [7, 11) is 2.16. The number of piperidine rings is 1. The Kier molecular flexibility index (Phi) is 3.52. The van der Waals surface area contributed by atoms with Crippen LogP contribution in [0.5, 0.6) is 0 Å². The van der Waals surface area contributed by atoms with Gasteiger partial charge in [-0.15, -0.1) is 0 Å². The summed E-state index contributed by atoms with van der Waals surface area (Å²) in [5.74, 6) is 8.53. The highest BCUT2D eigenvalue weighted by atomic mass is 15.3. The maximum absolute atomic E-state index is 5.49. The molecule has 2 aliphatic rings. The normalized spacial score (nSPS) is 24.2. The number of nitrogens with zero attached hydrogens (tertiary/aromatic N) is 3. The Hall–Kier alpha value is -1.40. The molecule has 19 heavy (non-hydrogen) atoms. The number of hydrogen-bond donors (Lipinski definition) is 3. The van der Waals surface area contributed by atoms with Gasteiger partial charge in [-0.3, -0.25) is 0 Å². The number of anilines is 2. The summed E-state index contributed by atoms with van der Waals surface area (Å²) >= 11 is 0. The Morgan fingerprint density at radius 2 is 2.05 bits per heavy atom. The number of likely N-dealkylation sites (N-methyl/N-ethyl adjacent to an activating group) is 1. The molecule has 1 aliphatic heterocycles. The summed E-state index contributed by atoms with van der Waals surface area (Å²) in [6.07, 6.45) is 4.81. The SMILES string of the molecule is CN1CCCC(Nc2cc(NN)nc(C3CC3)n2)C1. The van der Waals surface area contributed by atoms with Gasteiger partial charge in [0.05, 0.1) is 0 Å². The fraction of sp³-hybridized carbons (Fsp3) is 0.692. The van der Waals surface area contributed by atoms with Crippen LogP contribution in [-0.2, 0) is 0 Å². The molecule has 1 saturated carbocycles. The number of nitrogens with two attached hydrogens (primary N) is 1. The van der Waals surface area contributed by atoms with Crippen LogP contribution in [0, 0.1) is 0 Å². The second-order valence-electron chi connectivity index (χ2n) is 5.66. The fourth-order valence-corrected chi connectivity index (χ4v) is 2.63. The van der Waals surface area contributed by atoms with Gasteiger partial charge in [0, 0.05) is 24.6 Å². The highest BCUT2D eigenvalue weighted by Crippen LogP contribution is 2.38. The molecule has 4 N–H and O–H groups in total. The molecule has 0 aromatic carbocycles. The molecular weight excluding hydrogens is 240 g/mol. The molecular formula is C13H22N6. The van der Waals surface area contributed by atoms with Crippen LogP contribution in [0.2, 0.25) is 0 Å². The van der Waals surface area contributed by atoms with Crippen LogP contribution in [-0.4, -0.2) is 41.0 Å². The van der Waals surface area contributed by atoms with Gasteiger partial charge >= 0.3 is 0 Å². The van der Waals surface area contributed by atoms with Gasteiger partial charge in [0.15, 0.2) is 0 Å². The van der Waals surface area contributed by atoms with E-state index >= 15 is 0 Å². The minimum atomic E-state index is 0.464. The zero-order valence-electron chi connectivity index (χ0n) is 11.4. The minimum absolute atomic E-state index is 0.464. The van der Waals surface area contributed by atoms with E-state index < -0.39 is 0 Å². The summed E-state index contributed by atoms with van der Waals surface area (Å²) < 4.78 is 0. The maximum Gasteiger partial charge on any atom is 0.145 e. The third-order valence-corrected chi connectivity index (χ3v) is 3.81. The zero-order valence-corrected chi connectivity index (χ0v) is 11.4. The third kappa shape index (κ3) is 3.13. The molecule has 0 spiro atoms. The van der Waals surface area contributed by atoms with Crippen LogP contribution in [0.1, 0.15) is 37.4 Å². The lowest BCUT2D eigenvalue weighted by molar-refractivity contribution is 0.260. The number of hydrazine groups is 1. The molecule has 1 saturated heterocycles. The number of likely N-dealkylation sites (tertiary alicyclic amines) is 1. The topological polar surface area (TPSA) is 79.1 Å². The van der Waals surface area contributed by atoms with Crippen molar-refractivity contribution in [3.05, 3.63) is 11.9 Å². The molecule has 0 amide bonds. The van der Waals surface area contributed by atoms with E-state index in [1.807, 2.05) is 6.07 Å². The third-order valence-electron chi connectivity index (χ3n) is 3.81. The summed E-state index contributed by atoms with van der Waals surface area (Å²) in [6, 6.07) is 2.35. The lowest BCUT2D eigenvalue weighted by Gasteiger charge is -2.30. The molecule has 1 aromatic rings. The van der Waals surface area contributed by atoms with Crippen molar-refractivity contribution in [3.8, 4) is 0 Å². The Labute approximate surface area is 113 Å². The highest BCUT2D eigenvalue weighted by Gasteiger charge is 2.27. The first-order chi connectivity index (χ1) is 9.24. The van der Waals surface area contributed by atoms with Crippen LogP contribution < -0.4 is 16.6 Å². The molecule has 2 fully saturated rings. The average Bonchev–Trinajstić information content (AvgIpc) is 3.22. The maximum atomic E-state index is 5.49. The number of nitrogen functional groups attached to an aromatic ring is 1. The highest BCUT2D eigenvalue weighted by molar-refractivity contribution is 5.48. The number of nitrogens with one attached hydrogen (secondary N) is 2. The summed E-state index contributed by atoms with van der Waals surface area (Å²) in [6.45, 7) is 2.25. The molecule has 1 aliphatic carbocycles. The largest absolute Gasteiger partial charge is 0.366 e. The van der Waals surface area contributed by atoms with E-state index in [4.69, 9.17) is 5.84 Å². The smallest absolute Gasteiger partial charge is 0.145 e. The average molecular weight is 262 g/mol. The van der Waals surface area contributed by atoms with Gasteiger partial charge in [-0.1, -0.05) is 0 Å². The second-order valence-corrected chi connectivity index (χ2v) is 5.66. The first kappa shape index (κ1) is 12.6. The van der Waals surface area contributed by atoms with Gasteiger partial charge < -0.3 is 15.6 Å². The molecule has 6 nitrogen and oxygen atoms in total. The molecule has 1 aromatic heterocycles. The van der Waals surface area contributed by atoms with Gasteiger partial charge in [0.2, 0.25) is 0 Å². The van der Waals surface area contributed by atoms with Crippen LogP contribution in [0.15, 0.2) is 6.07 Å². The van der Waals surface area contributed by atoms with Gasteiger partial charge in [0.1, 0.15) is 17.5 Å². The summed E-state index contributed by atoms with van der Waals surface area (Å²) in [5, 5.41) is 3.52. The molecule has 0 bridgehead atoms. The van der Waals surface area contributed by atoms with Gasteiger partial charge in [-0.05, 0) is 39.3 Å². The second kappa shape index (κ2) is 5.30. The van der Waals surface area contributed by atoms with Crippen LogP contribution >= 0.6 is 0 Å². The molecule has 1 atom stereocenters. The van der Waals surface area contributed by atoms with Crippen LogP contribution in [0.4, 0.5) is 11.6 Å². The van der Waals surface area contributed by atoms with Crippen molar-refractivity contribution < 1.29 is 0 Å². The Morgan fingerprint density at radius 3 is 2.74 bits per heavy atom. The van der Waals surface area contributed by atoms with Crippen molar-refractivity contribution in [2.45, 2.75) is 37.6 Å². The number of aromatic nitrogens is 2. The van der Waals surface area contributed by atoms with E-state index in [2.05, 4.69) is 32.7 Å². The summed E-state index contributed by atoms with van der Waals surface area (Å²) in [4.78, 5) is 11.4. The predicted molar refractivity (Wildman–Crippen MR) is 76.0 cm³/mol. The lowest BCUT2D eigenvalue weighted by Crippen LogP contribution is -2.40. The standard InChI is InChI=1S/C13H22N6/c1-19-6-2-3-10(8-19)15-11-7-12(18-14)17-13(16-11)9-4-5-9/h7,9-10H,2-6,8,14H2,1H3,(H2,15,16,17,18). The van der Waals surface area contributed by atoms with Crippen molar-refractivity contribution in [2.75, 3.05) is 30.9 Å². The quantitative estimate of drug-likeness (QED) is 0.558. The van der Waals surface area contributed by atoms with Gasteiger partial charge in [-0.2, -0.15) is 0 Å². The molecule has 104 valence electrons. The van der Waals surface area contributed by atoms with Crippen molar-refractivity contribution in [1.82, 2.24) is 14.9 Å². The van der Waals surface area contributed by atoms with Crippen LogP contribution in [0.3, 0.4) is 0 Å². The molecule has 1 unspecified atom stereocenters. The Bertz CT molecular complexity index is 445. The van der Waals surface area contributed by atoms with E-state index in [1.165, 1.54) is 32.2 Å². The Morgan fingerprint density at radius 1 is 1.26 bits per heavy atom. The first-order valence-electron chi connectivity index (χ1n) is 7.05. The van der Waals surface area contributed by atoms with Crippen molar-refractivity contribution in [2.24, 2.45) is 5.84 Å². The first-order valence-corrected chi connectivity index (χ1v) is 7.05. The molecule has 2 heterocycles.